The van der Waals surface area contributed by atoms with Gasteiger partial charge in [0.25, 0.3) is 0 Å². The Balaban J connectivity index is 2.17. The maximum atomic E-state index is 12.0. The van der Waals surface area contributed by atoms with Crippen molar-refractivity contribution in [2.24, 2.45) is 0 Å². The molecule has 6 heteroatoms. The first-order valence-corrected chi connectivity index (χ1v) is 6.52. The van der Waals surface area contributed by atoms with E-state index in [1.807, 2.05) is 18.4 Å². The van der Waals surface area contributed by atoms with Gasteiger partial charge in [-0.1, -0.05) is 0 Å². The van der Waals surface area contributed by atoms with Crippen LogP contribution in [0.25, 0.3) is 0 Å². The largest absolute Gasteiger partial charge is 0.293 e. The third-order valence-electron chi connectivity index (χ3n) is 2.18. The molecule has 0 saturated heterocycles. The molecule has 2 heterocycles. The molecule has 84 valence electrons. The molecule has 0 fully saturated rings. The fourth-order valence-electron chi connectivity index (χ4n) is 1.41. The SMILES string of the molecule is CCn1ncnc1CC(=O)c1sccc1Br. The summed E-state index contributed by atoms with van der Waals surface area (Å²) in [4.78, 5) is 16.8. The summed E-state index contributed by atoms with van der Waals surface area (Å²) < 4.78 is 2.59. The third kappa shape index (κ3) is 2.22. The van der Waals surface area contributed by atoms with Gasteiger partial charge in [0.05, 0.1) is 11.3 Å². The monoisotopic (exact) mass is 299 g/mol. The number of aromatic nitrogens is 3. The van der Waals surface area contributed by atoms with Crippen LogP contribution in [0.2, 0.25) is 0 Å². The summed E-state index contributed by atoms with van der Waals surface area (Å²) in [5.41, 5.74) is 0. The molecule has 0 unspecified atom stereocenters. The predicted molar refractivity (Wildman–Crippen MR) is 65.7 cm³/mol. The number of hydrogen-bond donors (Lipinski definition) is 0. The van der Waals surface area contributed by atoms with E-state index in [9.17, 15) is 4.79 Å². The predicted octanol–water partition coefficient (Wildman–Crippen LogP) is 2.55. The van der Waals surface area contributed by atoms with Crippen LogP contribution in [0.15, 0.2) is 22.2 Å². The highest BCUT2D eigenvalue weighted by molar-refractivity contribution is 9.10. The lowest BCUT2D eigenvalue weighted by atomic mass is 10.2. The number of halogens is 1. The molecule has 0 aliphatic rings. The van der Waals surface area contributed by atoms with Gasteiger partial charge >= 0.3 is 0 Å². The number of rotatable bonds is 4. The van der Waals surface area contributed by atoms with Gasteiger partial charge in [0.1, 0.15) is 12.2 Å². The highest BCUT2D eigenvalue weighted by Gasteiger charge is 2.15. The molecule has 2 rings (SSSR count). The summed E-state index contributed by atoms with van der Waals surface area (Å²) in [5, 5.41) is 5.93. The van der Waals surface area contributed by atoms with Crippen molar-refractivity contribution >= 4 is 33.0 Å². The van der Waals surface area contributed by atoms with Gasteiger partial charge in [0.15, 0.2) is 5.78 Å². The Labute approximate surface area is 105 Å². The van der Waals surface area contributed by atoms with Crippen LogP contribution in [-0.2, 0) is 13.0 Å². The molecule has 2 aromatic rings. The Kier molecular flexibility index (Phi) is 3.50. The van der Waals surface area contributed by atoms with E-state index in [0.717, 1.165) is 15.9 Å². The lowest BCUT2D eigenvalue weighted by Gasteiger charge is -2.01. The molecule has 0 aliphatic heterocycles. The van der Waals surface area contributed by atoms with E-state index in [1.165, 1.54) is 17.7 Å². The number of thiophene rings is 1. The Morgan fingerprint density at radius 3 is 3.06 bits per heavy atom. The van der Waals surface area contributed by atoms with Crippen LogP contribution < -0.4 is 0 Å². The number of nitrogens with zero attached hydrogens (tertiary/aromatic N) is 3. The first-order valence-electron chi connectivity index (χ1n) is 4.85. The molecule has 0 amide bonds. The van der Waals surface area contributed by atoms with E-state index >= 15 is 0 Å². The Morgan fingerprint density at radius 2 is 2.44 bits per heavy atom. The van der Waals surface area contributed by atoms with Crippen molar-refractivity contribution in [1.82, 2.24) is 14.8 Å². The Bertz CT molecular complexity index is 506. The quantitative estimate of drug-likeness (QED) is 0.815. The van der Waals surface area contributed by atoms with Gasteiger partial charge in [-0.25, -0.2) is 9.67 Å². The van der Waals surface area contributed by atoms with Crippen molar-refractivity contribution in [1.29, 1.82) is 0 Å². The van der Waals surface area contributed by atoms with Crippen LogP contribution in [0, 0.1) is 0 Å². The summed E-state index contributed by atoms with van der Waals surface area (Å²) in [6.45, 7) is 2.71. The zero-order valence-corrected chi connectivity index (χ0v) is 11.1. The smallest absolute Gasteiger partial charge is 0.181 e. The second-order valence-corrected chi connectivity index (χ2v) is 4.96. The maximum absolute atomic E-state index is 12.0. The minimum absolute atomic E-state index is 0.0737. The zero-order chi connectivity index (χ0) is 11.5. The van der Waals surface area contributed by atoms with Crippen molar-refractivity contribution in [3.05, 3.63) is 32.9 Å². The molecule has 4 nitrogen and oxygen atoms in total. The van der Waals surface area contributed by atoms with Crippen LogP contribution >= 0.6 is 27.3 Å². The van der Waals surface area contributed by atoms with Crippen LogP contribution in [0.5, 0.6) is 0 Å². The molecule has 0 atom stereocenters. The molecule has 0 N–H and O–H groups in total. The first kappa shape index (κ1) is 11.5. The second kappa shape index (κ2) is 4.88. The number of aryl methyl sites for hydroxylation is 1. The maximum Gasteiger partial charge on any atom is 0.181 e. The number of hydrogen-bond acceptors (Lipinski definition) is 4. The molecular formula is C10H10BrN3OS. The molecular weight excluding hydrogens is 290 g/mol. The number of carbonyl (C=O) groups is 1. The fraction of sp³-hybridized carbons (Fsp3) is 0.300. The minimum Gasteiger partial charge on any atom is -0.293 e. The fourth-order valence-corrected chi connectivity index (χ4v) is 2.94. The van der Waals surface area contributed by atoms with Crippen LogP contribution in [0.1, 0.15) is 22.4 Å². The molecule has 0 saturated carbocycles. The highest BCUT2D eigenvalue weighted by Crippen LogP contribution is 2.23. The topological polar surface area (TPSA) is 47.8 Å². The summed E-state index contributed by atoms with van der Waals surface area (Å²) in [7, 11) is 0. The first-order chi connectivity index (χ1) is 7.72. The summed E-state index contributed by atoms with van der Waals surface area (Å²) in [6, 6.07) is 1.88. The van der Waals surface area contributed by atoms with Gasteiger partial charge in [0.2, 0.25) is 0 Å². The van der Waals surface area contributed by atoms with Gasteiger partial charge in [-0.05, 0) is 34.3 Å². The lowest BCUT2D eigenvalue weighted by Crippen LogP contribution is -2.10. The van der Waals surface area contributed by atoms with Gasteiger partial charge in [-0.3, -0.25) is 4.79 Å². The number of carbonyl (C=O) groups excluding carboxylic acids is 1. The van der Waals surface area contributed by atoms with E-state index in [-0.39, 0.29) is 5.78 Å². The minimum atomic E-state index is 0.0737. The zero-order valence-electron chi connectivity index (χ0n) is 8.68. The van der Waals surface area contributed by atoms with Crippen LogP contribution in [0.4, 0.5) is 0 Å². The van der Waals surface area contributed by atoms with Gasteiger partial charge in [-0.2, -0.15) is 5.10 Å². The Morgan fingerprint density at radius 1 is 1.62 bits per heavy atom. The second-order valence-electron chi connectivity index (χ2n) is 3.19. The normalized spacial score (nSPS) is 10.6. The average Bonchev–Trinajstić information content (AvgIpc) is 2.86. The van der Waals surface area contributed by atoms with Crippen molar-refractivity contribution in [2.75, 3.05) is 0 Å². The van der Waals surface area contributed by atoms with Crippen LogP contribution in [-0.4, -0.2) is 20.5 Å². The lowest BCUT2D eigenvalue weighted by molar-refractivity contribution is 0.0992. The van der Waals surface area contributed by atoms with Gasteiger partial charge in [0, 0.05) is 11.0 Å². The van der Waals surface area contributed by atoms with E-state index in [4.69, 9.17) is 0 Å². The van der Waals surface area contributed by atoms with Crippen molar-refractivity contribution < 1.29 is 4.79 Å². The highest BCUT2D eigenvalue weighted by atomic mass is 79.9. The molecule has 2 aromatic heterocycles. The van der Waals surface area contributed by atoms with E-state index in [0.29, 0.717) is 12.2 Å². The molecule has 0 radical (unpaired) electrons. The number of Topliss-reactive ketones (excluding diaryl/α,β-unsaturated/α-hetero) is 1. The Hall–Kier alpha value is -1.01. The summed E-state index contributed by atoms with van der Waals surface area (Å²) in [6.07, 6.45) is 1.78. The third-order valence-corrected chi connectivity index (χ3v) is 4.06. The molecule has 0 bridgehead atoms. The van der Waals surface area contributed by atoms with Crippen molar-refractivity contribution in [3.8, 4) is 0 Å². The molecule has 0 spiro atoms. The molecule has 16 heavy (non-hydrogen) atoms. The van der Waals surface area contributed by atoms with Crippen LogP contribution in [0.3, 0.4) is 0 Å². The summed E-state index contributed by atoms with van der Waals surface area (Å²) >= 11 is 4.79. The average molecular weight is 300 g/mol. The molecule has 0 aliphatic carbocycles. The summed E-state index contributed by atoms with van der Waals surface area (Å²) in [5.74, 6) is 0.789. The van der Waals surface area contributed by atoms with E-state index < -0.39 is 0 Å². The van der Waals surface area contributed by atoms with Gasteiger partial charge < -0.3 is 0 Å². The van der Waals surface area contributed by atoms with Crippen molar-refractivity contribution in [3.63, 3.8) is 0 Å². The molecule has 0 aromatic carbocycles. The number of ketones is 1. The standard InChI is InChI=1S/C10H10BrN3OS/c1-2-14-9(12-6-13-14)5-8(15)10-7(11)3-4-16-10/h3-4,6H,2,5H2,1H3. The van der Waals surface area contributed by atoms with E-state index in [1.54, 1.807) is 4.68 Å². The van der Waals surface area contributed by atoms with Gasteiger partial charge in [-0.15, -0.1) is 11.3 Å². The van der Waals surface area contributed by atoms with Crippen molar-refractivity contribution in [2.45, 2.75) is 19.9 Å². The van der Waals surface area contributed by atoms with E-state index in [2.05, 4.69) is 26.0 Å².